The van der Waals surface area contributed by atoms with E-state index >= 15 is 0 Å². The summed E-state index contributed by atoms with van der Waals surface area (Å²) in [6, 6.07) is 4.04. The molecule has 118 valence electrons. The number of H-pyrrole nitrogens is 1. The van der Waals surface area contributed by atoms with Crippen LogP contribution in [0.1, 0.15) is 46.4 Å². The zero-order valence-electron chi connectivity index (χ0n) is 13.1. The number of carbonyl (C=O) groups is 1. The van der Waals surface area contributed by atoms with E-state index in [1.165, 1.54) is 10.4 Å². The van der Waals surface area contributed by atoms with Gasteiger partial charge < -0.3 is 5.32 Å². The second-order valence-electron chi connectivity index (χ2n) is 6.01. The molecular weight excluding hydrogens is 296 g/mol. The van der Waals surface area contributed by atoms with E-state index in [0.29, 0.717) is 18.2 Å². The molecule has 22 heavy (non-hydrogen) atoms. The molecule has 3 heterocycles. The summed E-state index contributed by atoms with van der Waals surface area (Å²) < 4.78 is 0. The van der Waals surface area contributed by atoms with Crippen molar-refractivity contribution < 1.29 is 4.79 Å². The lowest BCUT2D eigenvalue weighted by Crippen LogP contribution is -2.37. The van der Waals surface area contributed by atoms with Crippen LogP contribution in [0.2, 0.25) is 0 Å². The average molecular weight is 318 g/mol. The Morgan fingerprint density at radius 3 is 3.18 bits per heavy atom. The third-order valence-corrected chi connectivity index (χ3v) is 5.08. The van der Waals surface area contributed by atoms with Crippen LogP contribution >= 0.6 is 11.3 Å². The molecule has 1 amide bonds. The van der Waals surface area contributed by atoms with Crippen molar-refractivity contribution in [2.45, 2.75) is 32.7 Å². The molecule has 2 N–H and O–H groups in total. The van der Waals surface area contributed by atoms with Crippen LogP contribution in [-0.4, -0.2) is 40.6 Å². The highest BCUT2D eigenvalue weighted by atomic mass is 32.1. The summed E-state index contributed by atoms with van der Waals surface area (Å²) in [4.78, 5) is 16.0. The van der Waals surface area contributed by atoms with Crippen LogP contribution in [-0.2, 0) is 13.0 Å². The van der Waals surface area contributed by atoms with Crippen LogP contribution in [0.5, 0.6) is 0 Å². The molecule has 1 aliphatic rings. The molecule has 5 nitrogen and oxygen atoms in total. The first-order valence-corrected chi connectivity index (χ1v) is 8.62. The monoisotopic (exact) mass is 318 g/mol. The minimum atomic E-state index is -0.101. The molecule has 0 bridgehead atoms. The standard InChI is InChI=1S/C16H22N4OS/c1-11(2)13-9-14(19-18-13)16(21)17-5-7-20-6-3-15-12(10-20)4-8-22-15/h4,8-9,11H,3,5-7,10H2,1-2H3,(H,17,21)(H,18,19). The quantitative estimate of drug-likeness (QED) is 0.890. The van der Waals surface area contributed by atoms with Crippen molar-refractivity contribution in [1.82, 2.24) is 20.4 Å². The summed E-state index contributed by atoms with van der Waals surface area (Å²) >= 11 is 1.85. The van der Waals surface area contributed by atoms with Crippen molar-refractivity contribution in [1.29, 1.82) is 0 Å². The zero-order chi connectivity index (χ0) is 15.5. The van der Waals surface area contributed by atoms with Crippen LogP contribution < -0.4 is 5.32 Å². The van der Waals surface area contributed by atoms with Crippen molar-refractivity contribution in [2.24, 2.45) is 0 Å². The maximum Gasteiger partial charge on any atom is 0.271 e. The predicted octanol–water partition coefficient (Wildman–Crippen LogP) is 2.38. The fourth-order valence-electron chi connectivity index (χ4n) is 2.66. The van der Waals surface area contributed by atoms with Gasteiger partial charge in [-0.05, 0) is 35.4 Å². The number of nitrogens with one attached hydrogen (secondary N) is 2. The molecule has 0 spiro atoms. The Kier molecular flexibility index (Phi) is 4.59. The van der Waals surface area contributed by atoms with Gasteiger partial charge in [0.05, 0.1) is 0 Å². The molecule has 6 heteroatoms. The SMILES string of the molecule is CC(C)c1cc(C(=O)NCCN2CCc3sccc3C2)n[nH]1. The lowest BCUT2D eigenvalue weighted by molar-refractivity contribution is 0.0942. The highest BCUT2D eigenvalue weighted by Gasteiger charge is 2.17. The van der Waals surface area contributed by atoms with Crippen LogP contribution in [0.3, 0.4) is 0 Å². The van der Waals surface area contributed by atoms with Crippen molar-refractivity contribution >= 4 is 17.2 Å². The van der Waals surface area contributed by atoms with E-state index in [9.17, 15) is 4.79 Å². The van der Waals surface area contributed by atoms with E-state index in [4.69, 9.17) is 0 Å². The third kappa shape index (κ3) is 3.39. The number of nitrogens with zero attached hydrogens (tertiary/aromatic N) is 2. The fraction of sp³-hybridized carbons (Fsp3) is 0.500. The maximum absolute atomic E-state index is 12.1. The second-order valence-corrected chi connectivity index (χ2v) is 7.01. The smallest absolute Gasteiger partial charge is 0.271 e. The minimum Gasteiger partial charge on any atom is -0.349 e. The normalized spacial score (nSPS) is 15.0. The second kappa shape index (κ2) is 6.62. The van der Waals surface area contributed by atoms with Crippen molar-refractivity contribution in [2.75, 3.05) is 19.6 Å². The molecule has 0 saturated heterocycles. The molecule has 0 saturated carbocycles. The third-order valence-electron chi connectivity index (χ3n) is 4.05. The van der Waals surface area contributed by atoms with Crippen molar-refractivity contribution in [3.05, 3.63) is 39.3 Å². The molecule has 2 aromatic heterocycles. The van der Waals surface area contributed by atoms with E-state index in [0.717, 1.165) is 31.7 Å². The zero-order valence-corrected chi connectivity index (χ0v) is 13.9. The Morgan fingerprint density at radius 1 is 1.55 bits per heavy atom. The number of aromatic amines is 1. The van der Waals surface area contributed by atoms with E-state index < -0.39 is 0 Å². The Bertz CT molecular complexity index is 646. The number of fused-ring (bicyclic) bond motifs is 1. The first-order chi connectivity index (χ1) is 10.6. The molecule has 0 atom stereocenters. The predicted molar refractivity (Wildman–Crippen MR) is 88.3 cm³/mol. The Hall–Kier alpha value is -1.66. The van der Waals surface area contributed by atoms with Gasteiger partial charge in [-0.1, -0.05) is 13.8 Å². The Morgan fingerprint density at radius 2 is 2.41 bits per heavy atom. The summed E-state index contributed by atoms with van der Waals surface area (Å²) in [5.41, 5.74) is 2.91. The van der Waals surface area contributed by atoms with Crippen LogP contribution in [0.4, 0.5) is 0 Å². The summed E-state index contributed by atoms with van der Waals surface area (Å²) in [6.07, 6.45) is 1.12. The van der Waals surface area contributed by atoms with Crippen LogP contribution in [0.15, 0.2) is 17.5 Å². The van der Waals surface area contributed by atoms with Gasteiger partial charge in [0, 0.05) is 36.8 Å². The number of aromatic nitrogens is 2. The van der Waals surface area contributed by atoms with Gasteiger partial charge in [-0.25, -0.2) is 0 Å². The van der Waals surface area contributed by atoms with E-state index in [1.54, 1.807) is 0 Å². The van der Waals surface area contributed by atoms with E-state index in [-0.39, 0.29) is 5.91 Å². The highest BCUT2D eigenvalue weighted by molar-refractivity contribution is 7.10. The number of hydrogen-bond donors (Lipinski definition) is 2. The lowest BCUT2D eigenvalue weighted by atomic mass is 10.1. The van der Waals surface area contributed by atoms with Crippen molar-refractivity contribution in [3.8, 4) is 0 Å². The molecule has 3 rings (SSSR count). The Labute approximate surface area is 134 Å². The van der Waals surface area contributed by atoms with Gasteiger partial charge in [0.25, 0.3) is 5.91 Å². The first-order valence-electron chi connectivity index (χ1n) is 7.74. The van der Waals surface area contributed by atoms with E-state index in [2.05, 4.69) is 45.7 Å². The van der Waals surface area contributed by atoms with Gasteiger partial charge in [0.15, 0.2) is 0 Å². The number of carbonyl (C=O) groups excluding carboxylic acids is 1. The number of thiophene rings is 1. The molecule has 0 aliphatic carbocycles. The van der Waals surface area contributed by atoms with Gasteiger partial charge in [0.2, 0.25) is 0 Å². The molecular formula is C16H22N4OS. The highest BCUT2D eigenvalue weighted by Crippen LogP contribution is 2.23. The molecule has 0 radical (unpaired) electrons. The summed E-state index contributed by atoms with van der Waals surface area (Å²) in [7, 11) is 0. The molecule has 2 aromatic rings. The van der Waals surface area contributed by atoms with E-state index in [1.807, 2.05) is 17.4 Å². The molecule has 1 aliphatic heterocycles. The van der Waals surface area contributed by atoms with Gasteiger partial charge in [-0.2, -0.15) is 5.10 Å². The summed E-state index contributed by atoms with van der Waals surface area (Å²) in [5, 5.41) is 12.1. The van der Waals surface area contributed by atoms with Gasteiger partial charge in [-0.3, -0.25) is 14.8 Å². The fourth-order valence-corrected chi connectivity index (χ4v) is 3.55. The molecule has 0 aromatic carbocycles. The average Bonchev–Trinajstić information content (AvgIpc) is 3.16. The van der Waals surface area contributed by atoms with Crippen LogP contribution in [0, 0.1) is 0 Å². The molecule has 0 unspecified atom stereocenters. The number of amides is 1. The maximum atomic E-state index is 12.1. The summed E-state index contributed by atoms with van der Waals surface area (Å²) in [5.74, 6) is 0.249. The lowest BCUT2D eigenvalue weighted by Gasteiger charge is -2.26. The van der Waals surface area contributed by atoms with Gasteiger partial charge >= 0.3 is 0 Å². The van der Waals surface area contributed by atoms with Crippen LogP contribution in [0.25, 0.3) is 0 Å². The summed E-state index contributed by atoms with van der Waals surface area (Å²) in [6.45, 7) is 7.75. The largest absolute Gasteiger partial charge is 0.349 e. The number of hydrogen-bond acceptors (Lipinski definition) is 4. The van der Waals surface area contributed by atoms with Crippen molar-refractivity contribution in [3.63, 3.8) is 0 Å². The van der Waals surface area contributed by atoms with Gasteiger partial charge in [-0.15, -0.1) is 11.3 Å². The minimum absolute atomic E-state index is 0.101. The first kappa shape index (κ1) is 15.2. The van der Waals surface area contributed by atoms with Gasteiger partial charge in [0.1, 0.15) is 5.69 Å². The molecule has 0 fully saturated rings. The number of rotatable bonds is 5. The Balaban J connectivity index is 1.46. The topological polar surface area (TPSA) is 61.0 Å².